The molecule has 1 aliphatic heterocycles. The molecule has 0 amide bonds. The summed E-state index contributed by atoms with van der Waals surface area (Å²) in [5, 5.41) is 0. The standard InChI is InChI=1S/C14H21N5O.2ClH/c1-20-12-7-5-6-11(10-12)17-13(15)18-14(16)19-8-3-2-4-9-19;;/h5-7,10H,2-4,8-9H2,1H3,(H4,15,16,17,18);2*1H. The molecule has 0 aliphatic carbocycles. The summed E-state index contributed by atoms with van der Waals surface area (Å²) in [5.74, 6) is 1.32. The summed E-state index contributed by atoms with van der Waals surface area (Å²) >= 11 is 0. The van der Waals surface area contributed by atoms with Crippen LogP contribution < -0.4 is 16.2 Å². The Morgan fingerprint density at radius 2 is 1.82 bits per heavy atom. The van der Waals surface area contributed by atoms with Crippen molar-refractivity contribution < 1.29 is 4.74 Å². The number of guanidine groups is 2. The average Bonchev–Trinajstić information content (AvgIpc) is 2.48. The van der Waals surface area contributed by atoms with Crippen molar-refractivity contribution in [1.82, 2.24) is 4.90 Å². The van der Waals surface area contributed by atoms with Crippen molar-refractivity contribution in [2.75, 3.05) is 20.2 Å². The smallest absolute Gasteiger partial charge is 0.223 e. The fourth-order valence-corrected chi connectivity index (χ4v) is 2.15. The Kier molecular flexibility index (Phi) is 9.37. The van der Waals surface area contributed by atoms with Crippen molar-refractivity contribution in [3.05, 3.63) is 24.3 Å². The van der Waals surface area contributed by atoms with Gasteiger partial charge in [0.1, 0.15) is 5.75 Å². The van der Waals surface area contributed by atoms with Crippen molar-refractivity contribution in [2.45, 2.75) is 19.3 Å². The minimum Gasteiger partial charge on any atom is -0.497 e. The largest absolute Gasteiger partial charge is 0.497 e. The molecule has 1 aliphatic rings. The lowest BCUT2D eigenvalue weighted by molar-refractivity contribution is 0.339. The van der Waals surface area contributed by atoms with Crippen molar-refractivity contribution in [2.24, 2.45) is 21.5 Å². The van der Waals surface area contributed by atoms with Crippen molar-refractivity contribution in [1.29, 1.82) is 0 Å². The van der Waals surface area contributed by atoms with Crippen molar-refractivity contribution in [3.63, 3.8) is 0 Å². The SMILES string of the molecule is COc1cccc(N=C(N)/N=C(/N)N2CCCCC2)c1.Cl.Cl. The van der Waals surface area contributed by atoms with Gasteiger partial charge in [-0.1, -0.05) is 6.07 Å². The zero-order chi connectivity index (χ0) is 14.4. The quantitative estimate of drug-likeness (QED) is 0.634. The molecule has 1 aromatic carbocycles. The van der Waals surface area contributed by atoms with Crippen molar-refractivity contribution in [3.8, 4) is 5.75 Å². The Morgan fingerprint density at radius 3 is 2.45 bits per heavy atom. The molecule has 1 fully saturated rings. The molecule has 22 heavy (non-hydrogen) atoms. The second-order valence-corrected chi connectivity index (χ2v) is 4.69. The summed E-state index contributed by atoms with van der Waals surface area (Å²) in [5.41, 5.74) is 12.5. The van der Waals surface area contributed by atoms with Gasteiger partial charge >= 0.3 is 0 Å². The monoisotopic (exact) mass is 347 g/mol. The van der Waals surface area contributed by atoms with E-state index in [1.54, 1.807) is 13.2 Å². The fourth-order valence-electron chi connectivity index (χ4n) is 2.15. The highest BCUT2D eigenvalue weighted by molar-refractivity contribution is 5.94. The minimum atomic E-state index is 0. The number of rotatable bonds is 2. The molecule has 4 N–H and O–H groups in total. The predicted octanol–water partition coefficient (Wildman–Crippen LogP) is 2.29. The molecule has 0 saturated carbocycles. The summed E-state index contributed by atoms with van der Waals surface area (Å²) in [4.78, 5) is 10.4. The first kappa shape index (κ1) is 20.3. The Balaban J connectivity index is 0.00000220. The van der Waals surface area contributed by atoms with E-state index in [9.17, 15) is 0 Å². The fraction of sp³-hybridized carbons (Fsp3) is 0.429. The van der Waals surface area contributed by atoms with Crippen LogP contribution in [-0.2, 0) is 0 Å². The molecule has 0 atom stereocenters. The highest BCUT2D eigenvalue weighted by atomic mass is 35.5. The van der Waals surface area contributed by atoms with Crippen LogP contribution in [0.5, 0.6) is 5.75 Å². The van der Waals surface area contributed by atoms with Crippen LogP contribution in [0.15, 0.2) is 34.3 Å². The molecule has 0 unspecified atom stereocenters. The van der Waals surface area contributed by atoms with E-state index in [4.69, 9.17) is 16.2 Å². The number of methoxy groups -OCH3 is 1. The van der Waals surface area contributed by atoms with E-state index >= 15 is 0 Å². The van der Waals surface area contributed by atoms with E-state index in [0.717, 1.165) is 31.7 Å². The van der Waals surface area contributed by atoms with Crippen LogP contribution in [0.25, 0.3) is 0 Å². The third kappa shape index (κ3) is 5.99. The number of aliphatic imine (C=N–C) groups is 2. The van der Waals surface area contributed by atoms with E-state index in [1.165, 1.54) is 6.42 Å². The van der Waals surface area contributed by atoms with Crippen LogP contribution in [0.3, 0.4) is 0 Å². The molecule has 1 aromatic rings. The molecule has 0 spiro atoms. The predicted molar refractivity (Wildman–Crippen MR) is 95.8 cm³/mol. The van der Waals surface area contributed by atoms with E-state index in [1.807, 2.05) is 23.1 Å². The summed E-state index contributed by atoms with van der Waals surface area (Å²) in [6.07, 6.45) is 3.53. The van der Waals surface area contributed by atoms with Gasteiger partial charge in [-0.05, 0) is 31.4 Å². The van der Waals surface area contributed by atoms with Gasteiger partial charge in [0.25, 0.3) is 0 Å². The van der Waals surface area contributed by atoms with Gasteiger partial charge in [-0.15, -0.1) is 24.8 Å². The Labute approximate surface area is 143 Å². The number of ether oxygens (including phenoxy) is 1. The second kappa shape index (κ2) is 10.1. The number of hydrogen-bond donors (Lipinski definition) is 2. The van der Waals surface area contributed by atoms with Crippen LogP contribution in [-0.4, -0.2) is 37.0 Å². The Bertz CT molecular complexity index is 516. The number of benzene rings is 1. The number of hydrogen-bond acceptors (Lipinski definition) is 2. The van der Waals surface area contributed by atoms with Crippen LogP contribution in [0.4, 0.5) is 5.69 Å². The topological polar surface area (TPSA) is 89.2 Å². The lowest BCUT2D eigenvalue weighted by atomic mass is 10.1. The van der Waals surface area contributed by atoms with Crippen LogP contribution in [0.1, 0.15) is 19.3 Å². The molecular weight excluding hydrogens is 325 g/mol. The summed E-state index contributed by atoms with van der Waals surface area (Å²) in [6.45, 7) is 1.86. The molecule has 1 saturated heterocycles. The van der Waals surface area contributed by atoms with E-state index < -0.39 is 0 Å². The number of piperidine rings is 1. The maximum absolute atomic E-state index is 5.95. The minimum absolute atomic E-state index is 0. The second-order valence-electron chi connectivity index (χ2n) is 4.69. The number of likely N-dealkylation sites (tertiary alicyclic amines) is 1. The molecule has 2 rings (SSSR count). The van der Waals surface area contributed by atoms with Gasteiger partial charge in [0.2, 0.25) is 5.96 Å². The van der Waals surface area contributed by atoms with Gasteiger partial charge in [-0.25, -0.2) is 4.99 Å². The van der Waals surface area contributed by atoms with Gasteiger partial charge in [0.05, 0.1) is 12.8 Å². The Hall–Kier alpha value is -1.66. The third-order valence-electron chi connectivity index (χ3n) is 3.21. The molecule has 1 heterocycles. The molecule has 6 nitrogen and oxygen atoms in total. The lowest BCUT2D eigenvalue weighted by Gasteiger charge is -2.27. The molecule has 124 valence electrons. The first-order valence-electron chi connectivity index (χ1n) is 6.76. The van der Waals surface area contributed by atoms with E-state index in [-0.39, 0.29) is 30.8 Å². The third-order valence-corrected chi connectivity index (χ3v) is 3.21. The van der Waals surface area contributed by atoms with Crippen molar-refractivity contribution >= 4 is 42.4 Å². The zero-order valence-electron chi connectivity index (χ0n) is 12.6. The number of nitrogens with two attached hydrogens (primary N) is 2. The highest BCUT2D eigenvalue weighted by Crippen LogP contribution is 2.19. The highest BCUT2D eigenvalue weighted by Gasteiger charge is 2.12. The molecule has 8 heteroatoms. The van der Waals surface area contributed by atoms with E-state index in [2.05, 4.69) is 9.98 Å². The maximum Gasteiger partial charge on any atom is 0.223 e. The molecule has 0 radical (unpaired) electrons. The summed E-state index contributed by atoms with van der Waals surface area (Å²) in [6, 6.07) is 7.32. The lowest BCUT2D eigenvalue weighted by Crippen LogP contribution is -2.41. The summed E-state index contributed by atoms with van der Waals surface area (Å²) in [7, 11) is 1.61. The van der Waals surface area contributed by atoms with Gasteiger partial charge < -0.3 is 21.1 Å². The van der Waals surface area contributed by atoms with Gasteiger partial charge in [-0.3, -0.25) is 0 Å². The normalized spacial score (nSPS) is 15.6. The first-order chi connectivity index (χ1) is 9.69. The number of halogens is 2. The molecule has 0 bridgehead atoms. The van der Waals surface area contributed by atoms with Gasteiger partial charge in [0, 0.05) is 19.2 Å². The van der Waals surface area contributed by atoms with Gasteiger partial charge in [-0.2, -0.15) is 4.99 Å². The first-order valence-corrected chi connectivity index (χ1v) is 6.76. The zero-order valence-corrected chi connectivity index (χ0v) is 14.2. The molecular formula is C14H23Cl2N5O. The Morgan fingerprint density at radius 1 is 1.14 bits per heavy atom. The maximum atomic E-state index is 5.95. The molecule has 0 aromatic heterocycles. The number of nitrogens with zero attached hydrogens (tertiary/aromatic N) is 3. The van der Waals surface area contributed by atoms with Crippen LogP contribution >= 0.6 is 24.8 Å². The average molecular weight is 348 g/mol. The van der Waals surface area contributed by atoms with E-state index in [0.29, 0.717) is 11.6 Å². The van der Waals surface area contributed by atoms with Crippen LogP contribution in [0, 0.1) is 0 Å². The van der Waals surface area contributed by atoms with Crippen LogP contribution in [0.2, 0.25) is 0 Å². The van der Waals surface area contributed by atoms with Gasteiger partial charge in [0.15, 0.2) is 5.96 Å². The summed E-state index contributed by atoms with van der Waals surface area (Å²) < 4.78 is 5.13.